The van der Waals surface area contributed by atoms with Crippen molar-refractivity contribution in [3.63, 3.8) is 0 Å². The minimum absolute atomic E-state index is 0.0794. The summed E-state index contributed by atoms with van der Waals surface area (Å²) >= 11 is 0. The molecular weight excluding hydrogens is 454 g/mol. The molecule has 0 aliphatic rings. The maximum absolute atomic E-state index is 13.0. The molecule has 0 saturated heterocycles. The van der Waals surface area contributed by atoms with Gasteiger partial charge in [0.15, 0.2) is 0 Å². The summed E-state index contributed by atoms with van der Waals surface area (Å²) in [4.78, 5) is 36.7. The van der Waals surface area contributed by atoms with Crippen LogP contribution in [0.4, 0.5) is 0 Å². The molecule has 0 aliphatic carbocycles. The largest absolute Gasteiger partial charge is 0.480 e. The molecule has 2 N–H and O–H groups in total. The van der Waals surface area contributed by atoms with E-state index in [-0.39, 0.29) is 25.2 Å². The van der Waals surface area contributed by atoms with Crippen LogP contribution in [0.15, 0.2) is 84.9 Å². The van der Waals surface area contributed by atoms with Gasteiger partial charge in [-0.2, -0.15) is 0 Å². The van der Waals surface area contributed by atoms with Crippen molar-refractivity contribution in [3.05, 3.63) is 107 Å². The van der Waals surface area contributed by atoms with Crippen LogP contribution in [-0.2, 0) is 14.3 Å². The fourth-order valence-corrected chi connectivity index (χ4v) is 4.07. The minimum atomic E-state index is -1.14. The number of hydrogen-bond acceptors (Lipinski definition) is 4. The van der Waals surface area contributed by atoms with E-state index in [4.69, 9.17) is 4.74 Å². The molecule has 3 aromatic rings. The van der Waals surface area contributed by atoms with Gasteiger partial charge >= 0.3 is 11.9 Å². The molecule has 6 heteroatoms. The van der Waals surface area contributed by atoms with Gasteiger partial charge in [-0.25, -0.2) is 4.79 Å². The average molecular weight is 488 g/mol. The molecular formula is C30H33NO5. The van der Waals surface area contributed by atoms with E-state index in [1.165, 1.54) is 0 Å². The zero-order valence-corrected chi connectivity index (χ0v) is 20.9. The van der Waals surface area contributed by atoms with Crippen molar-refractivity contribution in [1.82, 2.24) is 5.32 Å². The summed E-state index contributed by atoms with van der Waals surface area (Å²) < 4.78 is 5.27. The predicted octanol–water partition coefficient (Wildman–Crippen LogP) is 5.56. The van der Waals surface area contributed by atoms with E-state index in [9.17, 15) is 19.5 Å². The maximum Gasteiger partial charge on any atom is 0.326 e. The molecule has 6 nitrogen and oxygen atoms in total. The summed E-state index contributed by atoms with van der Waals surface area (Å²) in [7, 11) is 0. The molecule has 0 aromatic heterocycles. The lowest BCUT2D eigenvalue weighted by Gasteiger charge is -2.20. The molecule has 0 radical (unpaired) electrons. The molecule has 1 amide bonds. The molecule has 3 aromatic carbocycles. The fourth-order valence-electron chi connectivity index (χ4n) is 4.07. The molecule has 188 valence electrons. The molecule has 0 fully saturated rings. The Morgan fingerprint density at radius 3 is 1.92 bits per heavy atom. The van der Waals surface area contributed by atoms with Gasteiger partial charge < -0.3 is 15.2 Å². The predicted molar refractivity (Wildman–Crippen MR) is 139 cm³/mol. The van der Waals surface area contributed by atoms with Crippen LogP contribution in [0.5, 0.6) is 0 Å². The normalized spacial score (nSPS) is 12.1. The van der Waals surface area contributed by atoms with Gasteiger partial charge in [0.2, 0.25) is 0 Å². The highest BCUT2D eigenvalue weighted by atomic mass is 16.6. The average Bonchev–Trinajstić information content (AvgIpc) is 2.84. The fraction of sp³-hybridized carbons (Fsp3) is 0.300. The monoisotopic (exact) mass is 487 g/mol. The molecule has 1 atom stereocenters. The summed E-state index contributed by atoms with van der Waals surface area (Å²) in [6.07, 6.45) is 0.495. The molecule has 0 spiro atoms. The Morgan fingerprint density at radius 1 is 0.833 bits per heavy atom. The van der Waals surface area contributed by atoms with Gasteiger partial charge in [0.05, 0.1) is 0 Å². The molecule has 0 bridgehead atoms. The minimum Gasteiger partial charge on any atom is -0.480 e. The summed E-state index contributed by atoms with van der Waals surface area (Å²) in [6.45, 7) is 5.33. The van der Waals surface area contributed by atoms with E-state index in [1.807, 2.05) is 42.5 Å². The third-order valence-electron chi connectivity index (χ3n) is 5.65. The maximum atomic E-state index is 13.0. The van der Waals surface area contributed by atoms with E-state index < -0.39 is 29.5 Å². The van der Waals surface area contributed by atoms with Crippen molar-refractivity contribution in [2.24, 2.45) is 0 Å². The highest BCUT2D eigenvalue weighted by Gasteiger charge is 2.23. The Morgan fingerprint density at radius 2 is 1.39 bits per heavy atom. The first kappa shape index (κ1) is 26.7. The van der Waals surface area contributed by atoms with Crippen LogP contribution < -0.4 is 5.32 Å². The van der Waals surface area contributed by atoms with Gasteiger partial charge in [-0.1, -0.05) is 72.8 Å². The molecule has 3 rings (SSSR count). The van der Waals surface area contributed by atoms with Gasteiger partial charge in [0.1, 0.15) is 11.6 Å². The Balaban J connectivity index is 1.75. The molecule has 0 aliphatic heterocycles. The smallest absolute Gasteiger partial charge is 0.326 e. The van der Waals surface area contributed by atoms with Gasteiger partial charge in [-0.05, 0) is 62.4 Å². The van der Waals surface area contributed by atoms with Crippen molar-refractivity contribution in [2.75, 3.05) is 0 Å². The van der Waals surface area contributed by atoms with Crippen LogP contribution in [0.1, 0.15) is 73.0 Å². The zero-order valence-electron chi connectivity index (χ0n) is 20.9. The number of carboxylic acids is 1. The highest BCUT2D eigenvalue weighted by Crippen LogP contribution is 2.32. The lowest BCUT2D eigenvalue weighted by atomic mass is 9.84. The number of carboxylic acid groups (broad SMARTS) is 1. The summed E-state index contributed by atoms with van der Waals surface area (Å²) in [5.41, 5.74) is 2.89. The first-order valence-electron chi connectivity index (χ1n) is 12.1. The third-order valence-corrected chi connectivity index (χ3v) is 5.65. The zero-order chi connectivity index (χ0) is 26.1. The number of nitrogens with one attached hydrogen (secondary N) is 1. The van der Waals surface area contributed by atoms with Crippen LogP contribution in [0, 0.1) is 0 Å². The number of esters is 1. The van der Waals surface area contributed by atoms with Crippen LogP contribution in [-0.4, -0.2) is 34.6 Å². The number of carbonyl (C=O) groups excluding carboxylic acids is 2. The van der Waals surface area contributed by atoms with E-state index >= 15 is 0 Å². The molecule has 0 saturated carbocycles. The van der Waals surface area contributed by atoms with E-state index in [0.29, 0.717) is 5.56 Å². The van der Waals surface area contributed by atoms with Crippen molar-refractivity contribution >= 4 is 17.8 Å². The lowest BCUT2D eigenvalue weighted by Crippen LogP contribution is -2.40. The second kappa shape index (κ2) is 12.2. The number of ether oxygens (including phenoxy) is 1. The molecule has 36 heavy (non-hydrogen) atoms. The van der Waals surface area contributed by atoms with E-state index in [1.54, 1.807) is 39.0 Å². The first-order valence-corrected chi connectivity index (χ1v) is 12.1. The number of aliphatic carboxylic acids is 1. The SMILES string of the molecule is CC(C)(C)OC(=O)CCC[C@H](NC(=O)c1cccc(C(c2ccccc2)c2ccccc2)c1)C(=O)O. The van der Waals surface area contributed by atoms with Crippen LogP contribution >= 0.6 is 0 Å². The van der Waals surface area contributed by atoms with E-state index in [0.717, 1.165) is 16.7 Å². The van der Waals surface area contributed by atoms with Crippen molar-refractivity contribution in [1.29, 1.82) is 0 Å². The Hall–Kier alpha value is -3.93. The number of amides is 1. The van der Waals surface area contributed by atoms with E-state index in [2.05, 4.69) is 29.6 Å². The number of carbonyl (C=O) groups is 3. The van der Waals surface area contributed by atoms with Crippen LogP contribution in [0.25, 0.3) is 0 Å². The second-order valence-corrected chi connectivity index (χ2v) is 9.72. The first-order chi connectivity index (χ1) is 17.1. The topological polar surface area (TPSA) is 92.7 Å². The van der Waals surface area contributed by atoms with Gasteiger partial charge in [0.25, 0.3) is 5.91 Å². The number of hydrogen-bond donors (Lipinski definition) is 2. The molecule has 0 heterocycles. The number of rotatable bonds is 10. The summed E-state index contributed by atoms with van der Waals surface area (Å²) in [5, 5.41) is 12.2. The van der Waals surface area contributed by atoms with Gasteiger partial charge in [-0.15, -0.1) is 0 Å². The standard InChI is InChI=1S/C30H33NO5/c1-30(2,3)36-26(32)19-11-18-25(29(34)35)31-28(33)24-17-10-16-23(20-24)27(21-12-6-4-7-13-21)22-14-8-5-9-15-22/h4-10,12-17,20,25,27H,11,18-19H2,1-3H3,(H,31,33)(H,34,35)/t25-/m0/s1. The quantitative estimate of drug-likeness (QED) is 0.288. The van der Waals surface area contributed by atoms with Gasteiger partial charge in [0, 0.05) is 17.9 Å². The van der Waals surface area contributed by atoms with Crippen molar-refractivity contribution in [3.8, 4) is 0 Å². The Kier molecular flexibility index (Phi) is 9.01. The number of benzene rings is 3. The summed E-state index contributed by atoms with van der Waals surface area (Å²) in [6, 6.07) is 26.2. The van der Waals surface area contributed by atoms with Gasteiger partial charge in [-0.3, -0.25) is 9.59 Å². The lowest BCUT2D eigenvalue weighted by molar-refractivity contribution is -0.155. The highest BCUT2D eigenvalue weighted by molar-refractivity contribution is 5.96. The Labute approximate surface area is 212 Å². The van der Waals surface area contributed by atoms with Crippen LogP contribution in [0.2, 0.25) is 0 Å². The van der Waals surface area contributed by atoms with Crippen molar-refractivity contribution in [2.45, 2.75) is 57.6 Å². The summed E-state index contributed by atoms with van der Waals surface area (Å²) in [5.74, 6) is -2.08. The van der Waals surface area contributed by atoms with Crippen LogP contribution in [0.3, 0.4) is 0 Å². The van der Waals surface area contributed by atoms with Crippen molar-refractivity contribution < 1.29 is 24.2 Å². The molecule has 0 unspecified atom stereocenters. The Bertz CT molecular complexity index is 1130. The third kappa shape index (κ3) is 7.80. The second-order valence-electron chi connectivity index (χ2n) is 9.72.